The number of benzene rings is 1. The first kappa shape index (κ1) is 20.0. The van der Waals surface area contributed by atoms with E-state index in [1.807, 2.05) is 0 Å². The molecule has 0 bridgehead atoms. The summed E-state index contributed by atoms with van der Waals surface area (Å²) < 4.78 is 77.7. The smallest absolute Gasteiger partial charge is 0.433 e. The number of alkyl halides is 6. The maximum absolute atomic E-state index is 13.1. The van der Waals surface area contributed by atoms with E-state index in [2.05, 4.69) is 0 Å². The van der Waals surface area contributed by atoms with Crippen molar-refractivity contribution in [2.45, 2.75) is 12.4 Å². The van der Waals surface area contributed by atoms with E-state index in [4.69, 9.17) is 34.0 Å². The van der Waals surface area contributed by atoms with E-state index in [0.29, 0.717) is 23.2 Å². The van der Waals surface area contributed by atoms with Gasteiger partial charge in [-0.3, -0.25) is 0 Å². The maximum Gasteiger partial charge on any atom is 0.433 e. The normalized spacial score (nSPS) is 15.7. The van der Waals surface area contributed by atoms with Gasteiger partial charge in [0.2, 0.25) is 0 Å². The fourth-order valence-electron chi connectivity index (χ4n) is 2.08. The van der Waals surface area contributed by atoms with Crippen LogP contribution in [-0.4, -0.2) is 22.3 Å². The van der Waals surface area contributed by atoms with Crippen LogP contribution in [0.25, 0.3) is 0 Å². The van der Waals surface area contributed by atoms with Gasteiger partial charge in [-0.2, -0.15) is 26.3 Å². The quantitative estimate of drug-likeness (QED) is 0.627. The second kappa shape index (κ2) is 6.47. The summed E-state index contributed by atoms with van der Waals surface area (Å²) in [6.45, 7) is 0. The molecule has 0 radical (unpaired) electrons. The van der Waals surface area contributed by atoms with Gasteiger partial charge in [-0.05, 0) is 12.1 Å². The zero-order valence-corrected chi connectivity index (χ0v) is 13.7. The number of nitrogens with two attached hydrogens (primary N) is 1. The molecule has 0 fully saturated rings. The molecule has 0 saturated heterocycles. The van der Waals surface area contributed by atoms with Crippen LogP contribution in [0.1, 0.15) is 5.56 Å². The number of anilines is 1. The summed E-state index contributed by atoms with van der Waals surface area (Å²) in [6.07, 6.45) is -10.9. The molecular weight excluding hydrogens is 415 g/mol. The Morgan fingerprint density at radius 3 is 1.88 bits per heavy atom. The molecule has 1 amide bonds. The molecule has 2 rings (SSSR count). The lowest BCUT2D eigenvalue weighted by molar-refractivity contribution is -0.137. The van der Waals surface area contributed by atoms with Crippen LogP contribution >= 0.6 is 23.2 Å². The van der Waals surface area contributed by atoms with Crippen molar-refractivity contribution in [3.8, 4) is 0 Å². The molecule has 5 nitrogen and oxygen atoms in total. The van der Waals surface area contributed by atoms with Gasteiger partial charge in [0.05, 0.1) is 27.5 Å². The standard InChI is InChI=1S/C13H7Cl2F6N3O2/c14-6-1-5(12(16,17)18)2-7(15)10(6)23-3-8(13(19,20)21)24(11(25)26)9(22)4-23/h1-4H,22H2,(H,25,26). The monoisotopic (exact) mass is 421 g/mol. The van der Waals surface area contributed by atoms with E-state index in [9.17, 15) is 31.1 Å². The minimum atomic E-state index is -5.14. The number of halogens is 8. The Kier molecular flexibility index (Phi) is 4.99. The molecule has 1 heterocycles. The Labute approximate surface area is 151 Å². The average Bonchev–Trinajstić information content (AvgIpc) is 2.43. The zero-order valence-electron chi connectivity index (χ0n) is 12.2. The Morgan fingerprint density at radius 2 is 1.50 bits per heavy atom. The van der Waals surface area contributed by atoms with Crippen molar-refractivity contribution in [1.82, 2.24) is 4.90 Å². The molecule has 0 atom stereocenters. The van der Waals surface area contributed by atoms with Crippen molar-refractivity contribution in [3.63, 3.8) is 0 Å². The van der Waals surface area contributed by atoms with Gasteiger partial charge < -0.3 is 15.7 Å². The van der Waals surface area contributed by atoms with Crippen LogP contribution in [0.4, 0.5) is 36.8 Å². The van der Waals surface area contributed by atoms with Gasteiger partial charge in [0.1, 0.15) is 5.82 Å². The Hall–Kier alpha value is -2.27. The minimum Gasteiger partial charge on any atom is -0.464 e. The topological polar surface area (TPSA) is 69.8 Å². The lowest BCUT2D eigenvalue weighted by Crippen LogP contribution is -2.42. The number of allylic oxidation sites excluding steroid dienone is 1. The fraction of sp³-hybridized carbons (Fsp3) is 0.154. The van der Waals surface area contributed by atoms with Gasteiger partial charge in [-0.15, -0.1) is 0 Å². The summed E-state index contributed by atoms with van der Waals surface area (Å²) in [7, 11) is 0. The molecule has 13 heteroatoms. The highest BCUT2D eigenvalue weighted by atomic mass is 35.5. The first-order valence-electron chi connectivity index (χ1n) is 6.37. The first-order chi connectivity index (χ1) is 11.7. The molecule has 1 aromatic rings. The molecule has 1 aliphatic rings. The Bertz CT molecular complexity index is 796. The number of amides is 1. The highest BCUT2D eigenvalue weighted by Gasteiger charge is 2.44. The summed E-state index contributed by atoms with van der Waals surface area (Å²) in [5, 5.41) is 7.67. The van der Waals surface area contributed by atoms with Crippen LogP contribution < -0.4 is 10.6 Å². The highest BCUT2D eigenvalue weighted by Crippen LogP contribution is 2.43. The molecule has 0 spiro atoms. The predicted octanol–water partition coefficient (Wildman–Crippen LogP) is 4.97. The largest absolute Gasteiger partial charge is 0.464 e. The van der Waals surface area contributed by atoms with Crippen LogP contribution in [-0.2, 0) is 6.18 Å². The number of hydrogen-bond acceptors (Lipinski definition) is 3. The second-order valence-corrected chi connectivity index (χ2v) is 5.69. The van der Waals surface area contributed by atoms with Crippen LogP contribution in [0, 0.1) is 0 Å². The van der Waals surface area contributed by atoms with Gasteiger partial charge in [-0.1, -0.05) is 23.2 Å². The number of carbonyl (C=O) groups is 1. The molecule has 1 aromatic carbocycles. The number of rotatable bonds is 1. The van der Waals surface area contributed by atoms with E-state index in [1.54, 1.807) is 0 Å². The molecular formula is C13H7Cl2F6N3O2. The fourth-order valence-corrected chi connectivity index (χ4v) is 2.77. The van der Waals surface area contributed by atoms with Crippen molar-refractivity contribution in [1.29, 1.82) is 0 Å². The third-order valence-electron chi connectivity index (χ3n) is 3.12. The van der Waals surface area contributed by atoms with E-state index < -0.39 is 51.3 Å². The minimum absolute atomic E-state index is 0.234. The SMILES string of the molecule is NC1=CN(c2c(Cl)cc(C(F)(F)F)cc2Cl)C=C(C(F)(F)F)N1C(=O)O. The lowest BCUT2D eigenvalue weighted by atomic mass is 10.1. The van der Waals surface area contributed by atoms with Crippen molar-refractivity contribution in [3.05, 3.63) is 51.7 Å². The number of nitrogens with zero attached hydrogens (tertiary/aromatic N) is 2. The summed E-state index contributed by atoms with van der Waals surface area (Å²) in [4.78, 5) is 11.4. The molecule has 0 aliphatic carbocycles. The molecule has 142 valence electrons. The summed E-state index contributed by atoms with van der Waals surface area (Å²) in [5.74, 6) is -0.862. The highest BCUT2D eigenvalue weighted by molar-refractivity contribution is 6.39. The lowest BCUT2D eigenvalue weighted by Gasteiger charge is -2.32. The third-order valence-corrected chi connectivity index (χ3v) is 3.69. The summed E-state index contributed by atoms with van der Waals surface area (Å²) in [6, 6.07) is 0.939. The van der Waals surface area contributed by atoms with Gasteiger partial charge in [-0.25, -0.2) is 9.69 Å². The molecule has 0 saturated carbocycles. The van der Waals surface area contributed by atoms with E-state index in [-0.39, 0.29) is 4.90 Å². The molecule has 3 N–H and O–H groups in total. The Balaban J connectivity index is 2.62. The van der Waals surface area contributed by atoms with E-state index in [1.165, 1.54) is 0 Å². The van der Waals surface area contributed by atoms with Crippen molar-refractivity contribution < 1.29 is 36.2 Å². The van der Waals surface area contributed by atoms with Crippen LogP contribution in [0.5, 0.6) is 0 Å². The van der Waals surface area contributed by atoms with Crippen LogP contribution in [0.3, 0.4) is 0 Å². The van der Waals surface area contributed by atoms with Gasteiger partial charge in [0.25, 0.3) is 0 Å². The van der Waals surface area contributed by atoms with Crippen LogP contribution in [0.15, 0.2) is 36.1 Å². The molecule has 0 unspecified atom stereocenters. The van der Waals surface area contributed by atoms with Gasteiger partial charge in [0, 0.05) is 6.20 Å². The van der Waals surface area contributed by atoms with Gasteiger partial charge >= 0.3 is 18.4 Å². The van der Waals surface area contributed by atoms with Crippen molar-refractivity contribution in [2.24, 2.45) is 5.73 Å². The average molecular weight is 422 g/mol. The second-order valence-electron chi connectivity index (χ2n) is 4.88. The number of hydrogen-bond donors (Lipinski definition) is 2. The summed E-state index contributed by atoms with van der Waals surface area (Å²) in [5.41, 5.74) is 2.01. The zero-order chi connectivity index (χ0) is 20.0. The molecule has 26 heavy (non-hydrogen) atoms. The first-order valence-corrected chi connectivity index (χ1v) is 7.13. The predicted molar refractivity (Wildman–Crippen MR) is 80.2 cm³/mol. The Morgan fingerprint density at radius 1 is 1.00 bits per heavy atom. The van der Waals surface area contributed by atoms with Gasteiger partial charge in [0.15, 0.2) is 5.70 Å². The number of carboxylic acid groups (broad SMARTS) is 1. The van der Waals surface area contributed by atoms with Crippen molar-refractivity contribution in [2.75, 3.05) is 4.90 Å². The molecule has 1 aliphatic heterocycles. The van der Waals surface area contributed by atoms with Crippen molar-refractivity contribution >= 4 is 35.0 Å². The molecule has 0 aromatic heterocycles. The maximum atomic E-state index is 13.1. The van der Waals surface area contributed by atoms with Crippen LogP contribution in [0.2, 0.25) is 10.0 Å². The third kappa shape index (κ3) is 3.78. The summed E-state index contributed by atoms with van der Waals surface area (Å²) >= 11 is 11.5. The van der Waals surface area contributed by atoms with E-state index >= 15 is 0 Å². The van der Waals surface area contributed by atoms with E-state index in [0.717, 1.165) is 6.20 Å².